The van der Waals surface area contributed by atoms with Crippen molar-refractivity contribution in [3.05, 3.63) is 58.6 Å². The molecule has 0 heterocycles. The fraction of sp³-hybridized carbons (Fsp3) is 0.417. The van der Waals surface area contributed by atoms with Crippen molar-refractivity contribution in [1.82, 2.24) is 10.2 Å². The van der Waals surface area contributed by atoms with Crippen molar-refractivity contribution in [3.63, 3.8) is 0 Å². The SMILES string of the molecule is CCNC(=O)C(CC)N(Cc1ccc(OC)cc1)C(=O)CN(c1ccc(Cl)cc1C)S(C)(=O)=O. The molecule has 0 fully saturated rings. The standard InChI is InChI=1S/C24H32ClN3O5S/c1-6-21(24(30)26-7-2)27(15-18-8-11-20(33-4)12-9-18)23(29)16-28(34(5,31)32)22-13-10-19(25)14-17(22)3/h8-14,21H,6-7,15-16H2,1-5H3,(H,26,30). The van der Waals surface area contributed by atoms with Crippen molar-refractivity contribution in [2.75, 3.05) is 30.8 Å². The first-order valence-electron chi connectivity index (χ1n) is 11.0. The second kappa shape index (κ2) is 12.1. The number of nitrogens with one attached hydrogen (secondary N) is 1. The molecule has 10 heteroatoms. The van der Waals surface area contributed by atoms with Crippen LogP contribution >= 0.6 is 11.6 Å². The van der Waals surface area contributed by atoms with Crippen molar-refractivity contribution in [2.24, 2.45) is 0 Å². The highest BCUT2D eigenvalue weighted by Gasteiger charge is 2.31. The predicted octanol–water partition coefficient (Wildman–Crippen LogP) is 3.37. The van der Waals surface area contributed by atoms with E-state index in [1.807, 2.05) is 6.92 Å². The number of methoxy groups -OCH3 is 1. The molecule has 0 aromatic heterocycles. The summed E-state index contributed by atoms with van der Waals surface area (Å²) >= 11 is 6.03. The number of likely N-dealkylation sites (N-methyl/N-ethyl adjacent to an activating group) is 1. The van der Waals surface area contributed by atoms with E-state index < -0.39 is 28.5 Å². The number of ether oxygens (including phenoxy) is 1. The molecule has 0 aliphatic heterocycles. The van der Waals surface area contributed by atoms with Crippen molar-refractivity contribution in [2.45, 2.75) is 39.8 Å². The lowest BCUT2D eigenvalue weighted by Gasteiger charge is -2.33. The highest BCUT2D eigenvalue weighted by molar-refractivity contribution is 7.92. The van der Waals surface area contributed by atoms with Gasteiger partial charge < -0.3 is 15.0 Å². The van der Waals surface area contributed by atoms with Gasteiger partial charge in [0.2, 0.25) is 21.8 Å². The second-order valence-electron chi connectivity index (χ2n) is 7.89. The minimum absolute atomic E-state index is 0.135. The monoisotopic (exact) mass is 509 g/mol. The number of carbonyl (C=O) groups excluding carboxylic acids is 2. The van der Waals surface area contributed by atoms with Crippen LogP contribution in [0.1, 0.15) is 31.4 Å². The lowest BCUT2D eigenvalue weighted by molar-refractivity contribution is -0.140. The lowest BCUT2D eigenvalue weighted by atomic mass is 10.1. The summed E-state index contributed by atoms with van der Waals surface area (Å²) in [4.78, 5) is 27.8. The molecule has 2 aromatic rings. The smallest absolute Gasteiger partial charge is 0.244 e. The molecule has 0 saturated heterocycles. The zero-order valence-corrected chi connectivity index (χ0v) is 21.7. The Labute approximate surface area is 206 Å². The van der Waals surface area contributed by atoms with Gasteiger partial charge in [0.25, 0.3) is 0 Å². The number of nitrogens with zero attached hydrogens (tertiary/aromatic N) is 2. The fourth-order valence-corrected chi connectivity index (χ4v) is 4.77. The van der Waals surface area contributed by atoms with Gasteiger partial charge in [-0.15, -0.1) is 0 Å². The maximum absolute atomic E-state index is 13.6. The normalized spacial score (nSPS) is 12.1. The van der Waals surface area contributed by atoms with Gasteiger partial charge in [0, 0.05) is 18.1 Å². The molecule has 0 radical (unpaired) electrons. The van der Waals surface area contributed by atoms with Crippen LogP contribution < -0.4 is 14.4 Å². The molecule has 0 spiro atoms. The molecule has 0 saturated carbocycles. The largest absolute Gasteiger partial charge is 0.497 e. The maximum atomic E-state index is 13.6. The summed E-state index contributed by atoms with van der Waals surface area (Å²) < 4.78 is 31.6. The first-order chi connectivity index (χ1) is 16.0. The van der Waals surface area contributed by atoms with Gasteiger partial charge in [-0.1, -0.05) is 30.7 Å². The predicted molar refractivity (Wildman–Crippen MR) is 135 cm³/mol. The van der Waals surface area contributed by atoms with E-state index in [1.54, 1.807) is 63.4 Å². The van der Waals surface area contributed by atoms with Gasteiger partial charge in [-0.3, -0.25) is 13.9 Å². The number of anilines is 1. The van der Waals surface area contributed by atoms with E-state index in [1.165, 1.54) is 4.90 Å². The molecule has 1 N–H and O–H groups in total. The Morgan fingerprint density at radius 2 is 1.76 bits per heavy atom. The van der Waals surface area contributed by atoms with Crippen LogP contribution in [0.3, 0.4) is 0 Å². The summed E-state index contributed by atoms with van der Waals surface area (Å²) in [5, 5.41) is 3.23. The number of sulfonamides is 1. The van der Waals surface area contributed by atoms with Crippen molar-refractivity contribution >= 4 is 39.1 Å². The summed E-state index contributed by atoms with van der Waals surface area (Å²) in [5.41, 5.74) is 1.75. The first kappa shape index (κ1) is 27.5. The van der Waals surface area contributed by atoms with E-state index in [2.05, 4.69) is 5.32 Å². The molecule has 0 aliphatic carbocycles. The summed E-state index contributed by atoms with van der Waals surface area (Å²) in [6.07, 6.45) is 1.41. The highest BCUT2D eigenvalue weighted by Crippen LogP contribution is 2.26. The quantitative estimate of drug-likeness (QED) is 0.501. The molecule has 2 amide bonds. The molecule has 2 aromatic carbocycles. The summed E-state index contributed by atoms with van der Waals surface area (Å²) in [6.45, 7) is 5.44. The van der Waals surface area contributed by atoms with E-state index >= 15 is 0 Å². The molecule has 1 unspecified atom stereocenters. The minimum atomic E-state index is -3.80. The Kier molecular flexibility index (Phi) is 9.76. The molecule has 0 bridgehead atoms. The fourth-order valence-electron chi connectivity index (χ4n) is 3.63. The van der Waals surface area contributed by atoms with E-state index in [0.29, 0.717) is 35.0 Å². The van der Waals surface area contributed by atoms with Crippen LogP contribution in [0.25, 0.3) is 0 Å². The molecule has 34 heavy (non-hydrogen) atoms. The highest BCUT2D eigenvalue weighted by atomic mass is 35.5. The van der Waals surface area contributed by atoms with Gasteiger partial charge >= 0.3 is 0 Å². The third-order valence-corrected chi connectivity index (χ3v) is 6.72. The number of hydrogen-bond donors (Lipinski definition) is 1. The molecule has 1 atom stereocenters. The van der Waals surface area contributed by atoms with Crippen molar-refractivity contribution < 1.29 is 22.7 Å². The van der Waals surface area contributed by atoms with Crippen LogP contribution in [0, 0.1) is 6.92 Å². The van der Waals surface area contributed by atoms with Crippen LogP contribution in [0.4, 0.5) is 5.69 Å². The third kappa shape index (κ3) is 7.11. The van der Waals surface area contributed by atoms with Crippen molar-refractivity contribution in [3.8, 4) is 5.75 Å². The first-order valence-corrected chi connectivity index (χ1v) is 13.2. The average Bonchev–Trinajstić information content (AvgIpc) is 2.77. The molecule has 8 nitrogen and oxygen atoms in total. The van der Waals surface area contributed by atoms with Gasteiger partial charge in [-0.25, -0.2) is 8.42 Å². The Bertz CT molecular complexity index is 1110. The number of halogens is 1. The number of amides is 2. The Morgan fingerprint density at radius 3 is 2.26 bits per heavy atom. The van der Waals surface area contributed by atoms with E-state index in [-0.39, 0.29) is 12.5 Å². The van der Waals surface area contributed by atoms with Crippen molar-refractivity contribution in [1.29, 1.82) is 0 Å². The molecular formula is C24H32ClN3O5S. The van der Waals surface area contributed by atoms with Gasteiger partial charge in [0.1, 0.15) is 18.3 Å². The van der Waals surface area contributed by atoms with E-state index in [9.17, 15) is 18.0 Å². The molecule has 186 valence electrons. The number of carbonyl (C=O) groups is 2. The summed E-state index contributed by atoms with van der Waals surface area (Å²) in [5.74, 6) is -0.118. The van der Waals surface area contributed by atoms with Gasteiger partial charge in [0.05, 0.1) is 19.1 Å². The average molecular weight is 510 g/mol. The Balaban J connectivity index is 2.45. The number of hydrogen-bond acceptors (Lipinski definition) is 5. The van der Waals surface area contributed by atoms with Crippen LogP contribution in [0.2, 0.25) is 5.02 Å². The van der Waals surface area contributed by atoms with Crippen LogP contribution in [0.15, 0.2) is 42.5 Å². The molecular weight excluding hydrogens is 478 g/mol. The Morgan fingerprint density at radius 1 is 1.12 bits per heavy atom. The summed E-state index contributed by atoms with van der Waals surface area (Å²) in [7, 11) is -2.24. The van der Waals surface area contributed by atoms with Crippen LogP contribution in [-0.2, 0) is 26.2 Å². The maximum Gasteiger partial charge on any atom is 0.244 e. The van der Waals surface area contributed by atoms with E-state index in [0.717, 1.165) is 16.1 Å². The molecule has 2 rings (SSSR count). The van der Waals surface area contributed by atoms with Crippen LogP contribution in [-0.4, -0.2) is 57.6 Å². The third-order valence-electron chi connectivity index (χ3n) is 5.36. The van der Waals surface area contributed by atoms with Gasteiger partial charge in [-0.2, -0.15) is 0 Å². The lowest BCUT2D eigenvalue weighted by Crippen LogP contribution is -2.52. The zero-order valence-electron chi connectivity index (χ0n) is 20.2. The molecule has 0 aliphatic rings. The summed E-state index contributed by atoms with van der Waals surface area (Å²) in [6, 6.07) is 11.2. The Hall–Kier alpha value is -2.78. The van der Waals surface area contributed by atoms with Gasteiger partial charge in [0.15, 0.2) is 0 Å². The minimum Gasteiger partial charge on any atom is -0.497 e. The van der Waals surface area contributed by atoms with E-state index in [4.69, 9.17) is 16.3 Å². The van der Waals surface area contributed by atoms with Gasteiger partial charge in [-0.05, 0) is 61.7 Å². The second-order valence-corrected chi connectivity index (χ2v) is 10.2. The topological polar surface area (TPSA) is 96.0 Å². The zero-order chi connectivity index (χ0) is 25.5. The number of aryl methyl sites for hydroxylation is 1. The number of rotatable bonds is 11. The number of benzene rings is 2. The van der Waals surface area contributed by atoms with Crippen LogP contribution in [0.5, 0.6) is 5.75 Å².